The molecule has 1 rings (SSSR count). The second kappa shape index (κ2) is 5.31. The van der Waals surface area contributed by atoms with E-state index in [1.807, 2.05) is 27.1 Å². The quantitative estimate of drug-likeness (QED) is 0.789. The van der Waals surface area contributed by atoms with Gasteiger partial charge in [-0.1, -0.05) is 6.92 Å². The molecule has 17 heavy (non-hydrogen) atoms. The molecule has 0 saturated carbocycles. The maximum absolute atomic E-state index is 11.9. The van der Waals surface area contributed by atoms with E-state index in [4.69, 9.17) is 0 Å². The summed E-state index contributed by atoms with van der Waals surface area (Å²) in [5, 5.41) is 10.2. The molecule has 0 aliphatic carbocycles. The zero-order valence-electron chi connectivity index (χ0n) is 11.3. The predicted molar refractivity (Wildman–Crippen MR) is 67.6 cm³/mol. The number of nitrogens with zero attached hydrogens (tertiary/aromatic N) is 2. The number of hydrogen-bond donors (Lipinski definition) is 2. The first-order valence-corrected chi connectivity index (χ1v) is 5.89. The molecule has 5 nitrogen and oxygen atoms in total. The lowest BCUT2D eigenvalue weighted by Gasteiger charge is -2.22. The largest absolute Gasteiger partial charge is 0.350 e. The third-order valence-electron chi connectivity index (χ3n) is 2.96. The Hall–Kier alpha value is -1.36. The van der Waals surface area contributed by atoms with Crippen molar-refractivity contribution in [3.63, 3.8) is 0 Å². The van der Waals surface area contributed by atoms with Gasteiger partial charge in [0.05, 0.1) is 11.2 Å². The second-order valence-corrected chi connectivity index (χ2v) is 4.69. The Morgan fingerprint density at radius 3 is 2.71 bits per heavy atom. The minimum Gasteiger partial charge on any atom is -0.350 e. The van der Waals surface area contributed by atoms with Crippen molar-refractivity contribution in [3.05, 3.63) is 17.5 Å². The Kier molecular flexibility index (Phi) is 4.28. The Bertz CT molecular complexity index is 395. The van der Waals surface area contributed by atoms with Gasteiger partial charge in [-0.15, -0.1) is 0 Å². The zero-order chi connectivity index (χ0) is 13.1. The Morgan fingerprint density at radius 1 is 1.53 bits per heavy atom. The average Bonchev–Trinajstić information content (AvgIpc) is 2.66. The number of carbonyl (C=O) groups excluding carboxylic acids is 1. The summed E-state index contributed by atoms with van der Waals surface area (Å²) in [4.78, 5) is 11.9. The van der Waals surface area contributed by atoms with Crippen LogP contribution in [0.4, 0.5) is 0 Å². The van der Waals surface area contributed by atoms with Crippen LogP contribution in [0.5, 0.6) is 0 Å². The van der Waals surface area contributed by atoms with Crippen molar-refractivity contribution in [2.24, 2.45) is 7.05 Å². The van der Waals surface area contributed by atoms with Gasteiger partial charge in [0.15, 0.2) is 0 Å². The fourth-order valence-electron chi connectivity index (χ4n) is 1.54. The average molecular weight is 238 g/mol. The van der Waals surface area contributed by atoms with Crippen LogP contribution in [0, 0.1) is 0 Å². The molecule has 0 radical (unpaired) electrons. The van der Waals surface area contributed by atoms with Gasteiger partial charge >= 0.3 is 0 Å². The smallest absolute Gasteiger partial charge is 0.239 e. The van der Waals surface area contributed by atoms with Crippen molar-refractivity contribution in [2.45, 2.75) is 39.3 Å². The third-order valence-corrected chi connectivity index (χ3v) is 2.96. The van der Waals surface area contributed by atoms with E-state index in [-0.39, 0.29) is 5.91 Å². The normalized spacial score (nSPS) is 11.6. The summed E-state index contributed by atoms with van der Waals surface area (Å²) >= 11 is 0. The minimum atomic E-state index is -0.547. The van der Waals surface area contributed by atoms with Crippen molar-refractivity contribution in [3.8, 4) is 0 Å². The molecule has 0 atom stereocenters. The van der Waals surface area contributed by atoms with Crippen LogP contribution < -0.4 is 10.6 Å². The fourth-order valence-corrected chi connectivity index (χ4v) is 1.54. The molecule has 0 spiro atoms. The number of hydrogen-bond acceptors (Lipinski definition) is 3. The number of aromatic nitrogens is 2. The minimum absolute atomic E-state index is 0.00842. The first kappa shape index (κ1) is 13.7. The Morgan fingerprint density at radius 2 is 2.18 bits per heavy atom. The standard InChI is InChI=1S/C12H22N4O/c1-6-10-9(8-16(5)15-10)7-14-11(17)12(2,3)13-4/h8,13H,6-7H2,1-5H3,(H,14,17). The maximum atomic E-state index is 11.9. The second-order valence-electron chi connectivity index (χ2n) is 4.69. The molecule has 1 heterocycles. The SMILES string of the molecule is CCc1nn(C)cc1CNC(=O)C(C)(C)NC. The number of aryl methyl sites for hydroxylation is 2. The van der Waals surface area contributed by atoms with Gasteiger partial charge < -0.3 is 10.6 Å². The van der Waals surface area contributed by atoms with E-state index < -0.39 is 5.54 Å². The summed E-state index contributed by atoms with van der Waals surface area (Å²) in [5.41, 5.74) is 1.57. The van der Waals surface area contributed by atoms with Crippen LogP contribution in [0.25, 0.3) is 0 Å². The van der Waals surface area contributed by atoms with E-state index in [1.165, 1.54) is 0 Å². The number of rotatable bonds is 5. The highest BCUT2D eigenvalue weighted by Gasteiger charge is 2.24. The molecule has 1 aromatic heterocycles. The molecule has 0 bridgehead atoms. The van der Waals surface area contributed by atoms with Crippen LogP contribution in [0.3, 0.4) is 0 Å². The van der Waals surface area contributed by atoms with Gasteiger partial charge in [-0.05, 0) is 27.3 Å². The van der Waals surface area contributed by atoms with E-state index in [2.05, 4.69) is 22.7 Å². The highest BCUT2D eigenvalue weighted by molar-refractivity contribution is 5.85. The van der Waals surface area contributed by atoms with Crippen LogP contribution in [0.15, 0.2) is 6.20 Å². The number of likely N-dealkylation sites (N-methyl/N-ethyl adjacent to an activating group) is 1. The number of nitrogens with one attached hydrogen (secondary N) is 2. The van der Waals surface area contributed by atoms with Gasteiger partial charge in [-0.3, -0.25) is 9.48 Å². The molecule has 0 saturated heterocycles. The molecule has 0 fully saturated rings. The highest BCUT2D eigenvalue weighted by atomic mass is 16.2. The van der Waals surface area contributed by atoms with Crippen molar-refractivity contribution < 1.29 is 4.79 Å². The number of amides is 1. The third kappa shape index (κ3) is 3.30. The molecule has 0 aromatic carbocycles. The zero-order valence-corrected chi connectivity index (χ0v) is 11.3. The Balaban J connectivity index is 2.64. The fraction of sp³-hybridized carbons (Fsp3) is 0.667. The summed E-state index contributed by atoms with van der Waals surface area (Å²) in [6.45, 7) is 6.30. The molecule has 0 aliphatic rings. The van der Waals surface area contributed by atoms with Gasteiger partial charge in [0.2, 0.25) is 5.91 Å². The van der Waals surface area contributed by atoms with Crippen molar-refractivity contribution in [1.29, 1.82) is 0 Å². The molecule has 2 N–H and O–H groups in total. The lowest BCUT2D eigenvalue weighted by Crippen LogP contribution is -2.50. The van der Waals surface area contributed by atoms with E-state index in [0.29, 0.717) is 6.54 Å². The van der Waals surface area contributed by atoms with Gasteiger partial charge in [-0.25, -0.2) is 0 Å². The van der Waals surface area contributed by atoms with Gasteiger partial charge in [0.1, 0.15) is 0 Å². The monoisotopic (exact) mass is 238 g/mol. The topological polar surface area (TPSA) is 59.0 Å². The van der Waals surface area contributed by atoms with Crippen LogP contribution in [0.2, 0.25) is 0 Å². The van der Waals surface area contributed by atoms with Gasteiger partial charge in [0, 0.05) is 25.4 Å². The number of carbonyl (C=O) groups is 1. The van der Waals surface area contributed by atoms with E-state index >= 15 is 0 Å². The summed E-state index contributed by atoms with van der Waals surface area (Å²) in [6, 6.07) is 0. The molecule has 1 amide bonds. The lowest BCUT2D eigenvalue weighted by molar-refractivity contribution is -0.126. The summed E-state index contributed by atoms with van der Waals surface area (Å²) in [5.74, 6) is -0.00842. The van der Waals surface area contributed by atoms with Gasteiger partial charge in [0.25, 0.3) is 0 Å². The summed E-state index contributed by atoms with van der Waals surface area (Å²) in [7, 11) is 3.67. The molecule has 5 heteroatoms. The van der Waals surface area contributed by atoms with E-state index in [9.17, 15) is 4.79 Å². The van der Waals surface area contributed by atoms with Gasteiger partial charge in [-0.2, -0.15) is 5.10 Å². The molecular weight excluding hydrogens is 216 g/mol. The maximum Gasteiger partial charge on any atom is 0.239 e. The van der Waals surface area contributed by atoms with Crippen molar-refractivity contribution >= 4 is 5.91 Å². The van der Waals surface area contributed by atoms with Crippen LogP contribution in [-0.2, 0) is 24.8 Å². The van der Waals surface area contributed by atoms with Crippen LogP contribution in [0.1, 0.15) is 32.0 Å². The van der Waals surface area contributed by atoms with E-state index in [1.54, 1.807) is 11.7 Å². The summed E-state index contributed by atoms with van der Waals surface area (Å²) in [6.07, 6.45) is 2.83. The predicted octanol–water partition coefficient (Wildman–Crippen LogP) is 0.597. The molecule has 96 valence electrons. The van der Waals surface area contributed by atoms with E-state index in [0.717, 1.165) is 17.7 Å². The molecular formula is C12H22N4O. The summed E-state index contributed by atoms with van der Waals surface area (Å²) < 4.78 is 1.78. The first-order valence-electron chi connectivity index (χ1n) is 5.89. The van der Waals surface area contributed by atoms with Crippen molar-refractivity contribution in [1.82, 2.24) is 20.4 Å². The first-order chi connectivity index (χ1) is 7.90. The van der Waals surface area contributed by atoms with Crippen molar-refractivity contribution in [2.75, 3.05) is 7.05 Å². The lowest BCUT2D eigenvalue weighted by atomic mass is 10.1. The Labute approximate surface area is 103 Å². The molecule has 1 aromatic rings. The molecule has 0 aliphatic heterocycles. The highest BCUT2D eigenvalue weighted by Crippen LogP contribution is 2.08. The molecule has 0 unspecified atom stereocenters. The van der Waals surface area contributed by atoms with Crippen LogP contribution >= 0.6 is 0 Å². The van der Waals surface area contributed by atoms with Crippen LogP contribution in [-0.4, -0.2) is 28.3 Å².